The monoisotopic (exact) mass is 258 g/mol. The van der Waals surface area contributed by atoms with Gasteiger partial charge >= 0.3 is 0 Å². The lowest BCUT2D eigenvalue weighted by Crippen LogP contribution is -2.35. The molecular weight excluding hydrogens is 236 g/mol. The number of hydrogen-bond acceptors (Lipinski definition) is 2. The molecule has 0 radical (unpaired) electrons. The van der Waals surface area contributed by atoms with E-state index in [1.165, 1.54) is 25.7 Å². The molecule has 2 N–H and O–H groups in total. The van der Waals surface area contributed by atoms with Gasteiger partial charge in [-0.2, -0.15) is 0 Å². The number of carbonyl (C=O) groups excluding carboxylic acids is 1. The summed E-state index contributed by atoms with van der Waals surface area (Å²) < 4.78 is 0. The maximum atomic E-state index is 12.4. The van der Waals surface area contributed by atoms with Crippen LogP contribution in [0.1, 0.15) is 31.2 Å². The molecule has 0 aromatic heterocycles. The highest BCUT2D eigenvalue weighted by atomic mass is 16.2. The first kappa shape index (κ1) is 12.5. The lowest BCUT2D eigenvalue weighted by molar-refractivity contribution is -0.131. The molecule has 2 aliphatic carbocycles. The van der Waals surface area contributed by atoms with Crippen molar-refractivity contribution in [1.29, 1.82) is 0 Å². The number of nitrogens with two attached hydrogens (primary N) is 1. The number of amides is 1. The molecule has 0 unspecified atom stereocenters. The third kappa shape index (κ3) is 3.72. The molecule has 2 aliphatic rings. The van der Waals surface area contributed by atoms with Gasteiger partial charge in [-0.15, -0.1) is 0 Å². The van der Waals surface area contributed by atoms with Crippen molar-refractivity contribution >= 4 is 11.6 Å². The van der Waals surface area contributed by atoms with Crippen LogP contribution in [0.2, 0.25) is 0 Å². The molecule has 2 saturated carbocycles. The van der Waals surface area contributed by atoms with E-state index in [9.17, 15) is 4.79 Å². The van der Waals surface area contributed by atoms with Crippen LogP contribution in [0.25, 0.3) is 0 Å². The first-order valence-electron chi connectivity index (χ1n) is 7.33. The molecule has 3 heteroatoms. The van der Waals surface area contributed by atoms with Crippen LogP contribution in [0.4, 0.5) is 5.69 Å². The van der Waals surface area contributed by atoms with Gasteiger partial charge in [0, 0.05) is 18.8 Å². The molecule has 0 bridgehead atoms. The van der Waals surface area contributed by atoms with E-state index in [0.29, 0.717) is 6.42 Å². The third-order valence-electron chi connectivity index (χ3n) is 4.04. The maximum Gasteiger partial charge on any atom is 0.227 e. The predicted molar refractivity (Wildman–Crippen MR) is 76.6 cm³/mol. The zero-order chi connectivity index (χ0) is 13.2. The van der Waals surface area contributed by atoms with Gasteiger partial charge in [-0.3, -0.25) is 4.79 Å². The molecule has 0 heterocycles. The molecule has 1 amide bonds. The zero-order valence-corrected chi connectivity index (χ0v) is 11.3. The van der Waals surface area contributed by atoms with Gasteiger partial charge in [-0.05, 0) is 55.2 Å². The fourth-order valence-electron chi connectivity index (χ4n) is 2.42. The van der Waals surface area contributed by atoms with Crippen LogP contribution in [0.3, 0.4) is 0 Å². The van der Waals surface area contributed by atoms with Gasteiger partial charge in [0.15, 0.2) is 0 Å². The molecule has 0 atom stereocenters. The minimum absolute atomic E-state index is 0.281. The largest absolute Gasteiger partial charge is 0.399 e. The summed E-state index contributed by atoms with van der Waals surface area (Å²) >= 11 is 0. The minimum atomic E-state index is 0.281. The molecular formula is C16H22N2O. The minimum Gasteiger partial charge on any atom is -0.399 e. The van der Waals surface area contributed by atoms with Gasteiger partial charge in [-0.1, -0.05) is 12.1 Å². The Morgan fingerprint density at radius 3 is 2.05 bits per heavy atom. The van der Waals surface area contributed by atoms with Crippen molar-refractivity contribution in [2.24, 2.45) is 11.8 Å². The van der Waals surface area contributed by atoms with Gasteiger partial charge in [0.2, 0.25) is 5.91 Å². The van der Waals surface area contributed by atoms with Gasteiger partial charge < -0.3 is 10.6 Å². The van der Waals surface area contributed by atoms with Crippen LogP contribution in [-0.2, 0) is 11.2 Å². The molecule has 0 saturated heterocycles. The molecule has 19 heavy (non-hydrogen) atoms. The average Bonchev–Trinajstić information content (AvgIpc) is 3.26. The third-order valence-corrected chi connectivity index (χ3v) is 4.04. The Morgan fingerprint density at radius 1 is 1.05 bits per heavy atom. The fourth-order valence-corrected chi connectivity index (χ4v) is 2.42. The molecule has 3 nitrogen and oxygen atoms in total. The lowest BCUT2D eigenvalue weighted by atomic mass is 10.1. The quantitative estimate of drug-likeness (QED) is 0.797. The summed E-state index contributed by atoms with van der Waals surface area (Å²) in [7, 11) is 0. The summed E-state index contributed by atoms with van der Waals surface area (Å²) in [5, 5.41) is 0. The zero-order valence-electron chi connectivity index (χ0n) is 11.3. The van der Waals surface area contributed by atoms with E-state index in [1.54, 1.807) is 0 Å². The Kier molecular flexibility index (Phi) is 3.45. The van der Waals surface area contributed by atoms with E-state index in [-0.39, 0.29) is 5.91 Å². The highest BCUT2D eigenvalue weighted by Crippen LogP contribution is 2.33. The van der Waals surface area contributed by atoms with Crippen molar-refractivity contribution in [2.75, 3.05) is 18.8 Å². The van der Waals surface area contributed by atoms with Gasteiger partial charge in [0.05, 0.1) is 6.42 Å². The standard InChI is InChI=1S/C16H22N2O/c17-15-7-5-12(6-8-15)9-16(19)18(10-13-1-2-13)11-14-3-4-14/h5-8,13-14H,1-4,9-11,17H2. The Balaban J connectivity index is 1.59. The van der Waals surface area contributed by atoms with E-state index >= 15 is 0 Å². The molecule has 1 aromatic rings. The molecule has 1 aromatic carbocycles. The van der Waals surface area contributed by atoms with Crippen molar-refractivity contribution in [3.63, 3.8) is 0 Å². The van der Waals surface area contributed by atoms with Gasteiger partial charge in [0.25, 0.3) is 0 Å². The van der Waals surface area contributed by atoms with Crippen molar-refractivity contribution in [1.82, 2.24) is 4.90 Å². The number of carbonyl (C=O) groups is 1. The van der Waals surface area contributed by atoms with Crippen LogP contribution in [-0.4, -0.2) is 23.9 Å². The smallest absolute Gasteiger partial charge is 0.227 e. The van der Waals surface area contributed by atoms with E-state index in [1.807, 2.05) is 24.3 Å². The molecule has 102 valence electrons. The molecule has 3 rings (SSSR count). The SMILES string of the molecule is Nc1ccc(CC(=O)N(CC2CC2)CC2CC2)cc1. The molecule has 2 fully saturated rings. The summed E-state index contributed by atoms with van der Waals surface area (Å²) in [6.45, 7) is 1.95. The van der Waals surface area contributed by atoms with E-state index in [4.69, 9.17) is 5.73 Å². The van der Waals surface area contributed by atoms with E-state index in [0.717, 1.165) is 36.2 Å². The second-order valence-corrected chi connectivity index (χ2v) is 6.10. The number of benzene rings is 1. The van der Waals surface area contributed by atoms with Crippen molar-refractivity contribution in [3.05, 3.63) is 29.8 Å². The van der Waals surface area contributed by atoms with E-state index in [2.05, 4.69) is 4.90 Å². The summed E-state index contributed by atoms with van der Waals surface area (Å²) in [5.74, 6) is 1.83. The highest BCUT2D eigenvalue weighted by Gasteiger charge is 2.31. The summed E-state index contributed by atoms with van der Waals surface area (Å²) in [5.41, 5.74) is 7.49. The number of hydrogen-bond donors (Lipinski definition) is 1. The summed E-state index contributed by atoms with van der Waals surface area (Å²) in [6, 6.07) is 7.66. The van der Waals surface area contributed by atoms with E-state index < -0.39 is 0 Å². The number of nitrogens with zero attached hydrogens (tertiary/aromatic N) is 1. The van der Waals surface area contributed by atoms with Crippen LogP contribution in [0, 0.1) is 11.8 Å². The molecule has 0 spiro atoms. The van der Waals surface area contributed by atoms with Gasteiger partial charge in [-0.25, -0.2) is 0 Å². The second kappa shape index (κ2) is 5.24. The summed E-state index contributed by atoms with van der Waals surface area (Å²) in [4.78, 5) is 14.5. The summed E-state index contributed by atoms with van der Waals surface area (Å²) in [6.07, 6.45) is 5.72. The first-order chi connectivity index (χ1) is 9.20. The van der Waals surface area contributed by atoms with Crippen molar-refractivity contribution in [2.45, 2.75) is 32.1 Å². The first-order valence-corrected chi connectivity index (χ1v) is 7.33. The van der Waals surface area contributed by atoms with Crippen molar-refractivity contribution in [3.8, 4) is 0 Å². The fraction of sp³-hybridized carbons (Fsp3) is 0.562. The van der Waals surface area contributed by atoms with Crippen LogP contribution < -0.4 is 5.73 Å². The molecule has 0 aliphatic heterocycles. The normalized spacial score (nSPS) is 18.3. The average molecular weight is 258 g/mol. The topological polar surface area (TPSA) is 46.3 Å². The highest BCUT2D eigenvalue weighted by molar-refractivity contribution is 5.79. The van der Waals surface area contributed by atoms with Gasteiger partial charge in [0.1, 0.15) is 0 Å². The predicted octanol–water partition coefficient (Wildman–Crippen LogP) is 2.46. The maximum absolute atomic E-state index is 12.4. The number of anilines is 1. The number of rotatable bonds is 6. The van der Waals surface area contributed by atoms with Crippen molar-refractivity contribution < 1.29 is 4.79 Å². The van der Waals surface area contributed by atoms with Crippen LogP contribution in [0.5, 0.6) is 0 Å². The Labute approximate surface area is 114 Å². The number of nitrogen functional groups attached to an aromatic ring is 1. The Bertz CT molecular complexity index is 432. The lowest BCUT2D eigenvalue weighted by Gasteiger charge is -2.22. The second-order valence-electron chi connectivity index (χ2n) is 6.10. The van der Waals surface area contributed by atoms with Crippen LogP contribution >= 0.6 is 0 Å². The van der Waals surface area contributed by atoms with Crippen LogP contribution in [0.15, 0.2) is 24.3 Å². The Hall–Kier alpha value is -1.51. The Morgan fingerprint density at radius 2 is 1.58 bits per heavy atom.